The van der Waals surface area contributed by atoms with Gasteiger partial charge < -0.3 is 23.4 Å². The van der Waals surface area contributed by atoms with E-state index >= 15 is 0 Å². The van der Waals surface area contributed by atoms with Crippen LogP contribution in [0.4, 0.5) is 34.1 Å². The van der Waals surface area contributed by atoms with Crippen molar-refractivity contribution < 1.29 is 13.6 Å². The second kappa shape index (κ2) is 18.3. The van der Waals surface area contributed by atoms with Gasteiger partial charge in [0.25, 0.3) is 0 Å². The second-order valence-electron chi connectivity index (χ2n) is 23.4. The number of rotatable bonds is 8. The average Bonchev–Trinajstić information content (AvgIpc) is 1.51. The Kier molecular flexibility index (Phi) is 10.5. The standard InChI is InChI=1S/C79H56N2O3/c1-47(2)49-35-39-51(40-36-49)80(69-29-17-25-61-59-23-9-13-31-71(59)83-77(61)69)53-43-63-57-21-7-5-19-55(57)56-20-6-8-22-58(56)64-44-54(46-68-76(64)75(63)67(45-53)79(68)65-27-11-15-33-73(65)82-74-34-16-12-28-66(74)79)81(52-41-37-50(38-42-52)48(3)4)70-30-18-26-62-60-24-10-14-32-72(60)84-78(62)70/h5-48H,1-4H3. The number of nitrogens with zero attached hydrogens (tertiary/aromatic N) is 2. The minimum absolute atomic E-state index is 0.357. The number of fused-ring (bicyclic) bond motifs is 17. The molecule has 3 heterocycles. The maximum atomic E-state index is 7.13. The first-order chi connectivity index (χ1) is 41.3. The SMILES string of the molecule is CC(C)c1ccc(N(c2cc3c4c(c2)C2(c5ccccc5Oc5ccccc52)c2cc(N(c5ccc(C(C)C)cc5)c5cccc6c5oc5ccccc56)cc(c2-4)-c2ccccc2-c2ccccc2-3)c2cccc3c2oc2ccccc23)cc1. The maximum absolute atomic E-state index is 7.13. The zero-order valence-electron chi connectivity index (χ0n) is 47.0. The molecule has 0 saturated carbocycles. The summed E-state index contributed by atoms with van der Waals surface area (Å²) in [7, 11) is 0. The Balaban J connectivity index is 1.04. The van der Waals surface area contributed by atoms with Gasteiger partial charge in [-0.2, -0.15) is 0 Å². The van der Waals surface area contributed by atoms with E-state index in [2.05, 4.69) is 292 Å². The van der Waals surface area contributed by atoms with Crippen molar-refractivity contribution in [1.82, 2.24) is 0 Å². The van der Waals surface area contributed by atoms with Crippen LogP contribution >= 0.6 is 0 Å². The van der Waals surface area contributed by atoms with Crippen LogP contribution in [0.5, 0.6) is 11.5 Å². The van der Waals surface area contributed by atoms with Crippen molar-refractivity contribution >= 4 is 78.0 Å². The summed E-state index contributed by atoms with van der Waals surface area (Å²) in [6.07, 6.45) is 0. The Morgan fingerprint density at radius 2 is 0.679 bits per heavy atom. The zero-order chi connectivity index (χ0) is 55.9. The third kappa shape index (κ3) is 6.90. The number of furan rings is 2. The van der Waals surface area contributed by atoms with Gasteiger partial charge in [0.1, 0.15) is 22.7 Å². The Morgan fingerprint density at radius 1 is 0.310 bits per heavy atom. The molecular weight excluding hydrogens is 1020 g/mol. The normalized spacial score (nSPS) is 13.2. The molecule has 3 aliphatic rings. The summed E-state index contributed by atoms with van der Waals surface area (Å²) < 4.78 is 21.2. The predicted octanol–water partition coefficient (Wildman–Crippen LogP) is 22.5. The van der Waals surface area contributed by atoms with Gasteiger partial charge in [0.2, 0.25) is 0 Å². The fourth-order valence-electron chi connectivity index (χ4n) is 14.4. The smallest absolute Gasteiger partial charge is 0.159 e. The van der Waals surface area contributed by atoms with E-state index in [0.717, 1.165) is 123 Å². The number of benzene rings is 12. The van der Waals surface area contributed by atoms with Crippen LogP contribution in [0.15, 0.2) is 264 Å². The molecule has 0 atom stereocenters. The number of ether oxygens (including phenoxy) is 1. The van der Waals surface area contributed by atoms with E-state index in [4.69, 9.17) is 13.6 Å². The van der Waals surface area contributed by atoms with Crippen molar-refractivity contribution in [3.63, 3.8) is 0 Å². The molecule has 0 bridgehead atoms. The van der Waals surface area contributed by atoms with Crippen molar-refractivity contribution in [3.8, 4) is 56.0 Å². The van der Waals surface area contributed by atoms with Crippen molar-refractivity contribution in [2.75, 3.05) is 9.80 Å². The highest BCUT2D eigenvalue weighted by molar-refractivity contribution is 6.15. The largest absolute Gasteiger partial charge is 0.457 e. The Bertz CT molecular complexity index is 4700. The van der Waals surface area contributed by atoms with Gasteiger partial charge in [-0.3, -0.25) is 0 Å². The van der Waals surface area contributed by atoms with Gasteiger partial charge in [-0.05, 0) is 164 Å². The first-order valence-electron chi connectivity index (χ1n) is 29.4. The Hall–Kier alpha value is -10.4. The number of para-hydroxylation sites is 6. The lowest BCUT2D eigenvalue weighted by atomic mass is 9.65. The van der Waals surface area contributed by atoms with Crippen molar-refractivity contribution in [3.05, 3.63) is 288 Å². The van der Waals surface area contributed by atoms with Gasteiger partial charge >= 0.3 is 0 Å². The number of anilines is 6. The van der Waals surface area contributed by atoms with E-state index in [9.17, 15) is 0 Å². The summed E-state index contributed by atoms with van der Waals surface area (Å²) in [4.78, 5) is 4.88. The van der Waals surface area contributed by atoms with Crippen LogP contribution < -0.4 is 14.5 Å². The molecule has 0 N–H and O–H groups in total. The summed E-state index contributed by atoms with van der Waals surface area (Å²) in [5.74, 6) is 2.36. The molecule has 0 fully saturated rings. The van der Waals surface area contributed by atoms with Gasteiger partial charge in [-0.1, -0.05) is 198 Å². The van der Waals surface area contributed by atoms with E-state index < -0.39 is 5.41 Å². The third-order valence-corrected chi connectivity index (χ3v) is 18.2. The molecule has 84 heavy (non-hydrogen) atoms. The van der Waals surface area contributed by atoms with Crippen LogP contribution in [0.3, 0.4) is 0 Å². The minimum atomic E-state index is -0.920. The van der Waals surface area contributed by atoms with Crippen molar-refractivity contribution in [2.45, 2.75) is 44.9 Å². The van der Waals surface area contributed by atoms with Gasteiger partial charge in [0, 0.05) is 55.4 Å². The van der Waals surface area contributed by atoms with E-state index in [1.807, 2.05) is 0 Å². The molecule has 1 spiro atoms. The van der Waals surface area contributed by atoms with E-state index in [0.29, 0.717) is 11.8 Å². The minimum Gasteiger partial charge on any atom is -0.457 e. The lowest BCUT2D eigenvalue weighted by Crippen LogP contribution is -2.32. The van der Waals surface area contributed by atoms with Crippen LogP contribution in [-0.4, -0.2) is 0 Å². The fourth-order valence-corrected chi connectivity index (χ4v) is 14.4. The molecule has 0 radical (unpaired) electrons. The predicted molar refractivity (Wildman–Crippen MR) is 346 cm³/mol. The van der Waals surface area contributed by atoms with Gasteiger partial charge in [0.15, 0.2) is 11.2 Å². The highest BCUT2D eigenvalue weighted by Crippen LogP contribution is 2.68. The quantitative estimate of drug-likeness (QED) is 0.152. The molecule has 0 unspecified atom stereocenters. The molecule has 12 aromatic carbocycles. The van der Waals surface area contributed by atoms with Gasteiger partial charge in [0.05, 0.1) is 16.8 Å². The highest BCUT2D eigenvalue weighted by Gasteiger charge is 2.54. The summed E-state index contributed by atoms with van der Waals surface area (Å²) in [5.41, 5.74) is 24.9. The average molecular weight is 1080 g/mol. The van der Waals surface area contributed by atoms with Crippen LogP contribution in [0.1, 0.15) is 72.9 Å². The molecule has 14 aromatic rings. The van der Waals surface area contributed by atoms with E-state index in [-0.39, 0.29) is 0 Å². The number of hydrogen-bond donors (Lipinski definition) is 0. The molecular formula is C79H56N2O3. The molecule has 17 rings (SSSR count). The van der Waals surface area contributed by atoms with Gasteiger partial charge in [-0.25, -0.2) is 0 Å². The fraction of sp³-hybridized carbons (Fsp3) is 0.0886. The summed E-state index contributed by atoms with van der Waals surface area (Å²) >= 11 is 0. The van der Waals surface area contributed by atoms with Crippen molar-refractivity contribution in [1.29, 1.82) is 0 Å². The monoisotopic (exact) mass is 1080 g/mol. The molecule has 2 aromatic heterocycles. The van der Waals surface area contributed by atoms with E-state index in [1.54, 1.807) is 0 Å². The Morgan fingerprint density at radius 3 is 1.11 bits per heavy atom. The molecule has 5 nitrogen and oxygen atoms in total. The third-order valence-electron chi connectivity index (χ3n) is 18.2. The van der Waals surface area contributed by atoms with Crippen molar-refractivity contribution in [2.24, 2.45) is 0 Å². The summed E-state index contributed by atoms with van der Waals surface area (Å²) in [6.45, 7) is 9.04. The Labute approximate surface area is 487 Å². The van der Waals surface area contributed by atoms with Crippen LogP contribution in [0.25, 0.3) is 88.4 Å². The molecule has 0 saturated heterocycles. The van der Waals surface area contributed by atoms with E-state index in [1.165, 1.54) is 44.5 Å². The molecule has 400 valence electrons. The van der Waals surface area contributed by atoms with Crippen LogP contribution in [-0.2, 0) is 5.41 Å². The second-order valence-corrected chi connectivity index (χ2v) is 23.4. The first-order valence-corrected chi connectivity index (χ1v) is 29.4. The highest BCUT2D eigenvalue weighted by atomic mass is 16.5. The zero-order valence-corrected chi connectivity index (χ0v) is 47.0. The topological polar surface area (TPSA) is 42.0 Å². The summed E-state index contributed by atoms with van der Waals surface area (Å²) in [5, 5.41) is 4.31. The van der Waals surface area contributed by atoms with Crippen LogP contribution in [0.2, 0.25) is 0 Å². The lowest BCUT2D eigenvalue weighted by Gasteiger charge is -2.40. The molecule has 1 aliphatic heterocycles. The van der Waals surface area contributed by atoms with Crippen LogP contribution in [0, 0.1) is 0 Å². The molecule has 5 heteroatoms. The molecule has 2 aliphatic carbocycles. The molecule has 0 amide bonds. The van der Waals surface area contributed by atoms with Gasteiger partial charge in [-0.15, -0.1) is 0 Å². The first kappa shape index (κ1) is 48.4. The maximum Gasteiger partial charge on any atom is 0.159 e. The summed E-state index contributed by atoms with van der Waals surface area (Å²) in [6, 6.07) is 93.8. The number of hydrogen-bond acceptors (Lipinski definition) is 5. The lowest BCUT2D eigenvalue weighted by molar-refractivity contribution is 0.436.